The first-order valence-corrected chi connectivity index (χ1v) is 17.0. The monoisotopic (exact) mass is 570 g/mol. The van der Waals surface area contributed by atoms with Gasteiger partial charge in [-0.3, -0.25) is 14.4 Å². The molecule has 1 amide bonds. The Hall–Kier alpha value is -2.22. The summed E-state index contributed by atoms with van der Waals surface area (Å²) < 4.78 is 0. The van der Waals surface area contributed by atoms with Gasteiger partial charge in [-0.2, -0.15) is 5.26 Å². The Morgan fingerprint density at radius 2 is 1.67 bits per heavy atom. The summed E-state index contributed by atoms with van der Waals surface area (Å²) in [6.45, 7) is 13.6. The fourth-order valence-corrected chi connectivity index (χ4v) is 12.0. The van der Waals surface area contributed by atoms with E-state index in [4.69, 9.17) is 0 Å². The predicted octanol–water partition coefficient (Wildman–Crippen LogP) is 7.36. The lowest BCUT2D eigenvalue weighted by atomic mass is 9.34. The highest BCUT2D eigenvalue weighted by atomic mass is 16.2. The van der Waals surface area contributed by atoms with Gasteiger partial charge >= 0.3 is 0 Å². The Labute approximate surface area is 252 Å². The SMILES string of the molecule is CC1(C)CC[C@]2(CCC(=O)N3CCCC3)CC[C@]3(C)[C@H](C(=O)C=C4[C@@]5(C)C=C(C#N)C(=O)C6(CC6)[C@@H]5CC[C@]43C)[C@@H]2C1. The highest BCUT2D eigenvalue weighted by Crippen LogP contribution is 2.77. The van der Waals surface area contributed by atoms with Crippen molar-refractivity contribution in [3.8, 4) is 6.07 Å². The van der Waals surface area contributed by atoms with Crippen LogP contribution in [0.15, 0.2) is 23.3 Å². The molecule has 7 atom stereocenters. The zero-order chi connectivity index (χ0) is 29.9. The zero-order valence-electron chi connectivity index (χ0n) is 26.6. The molecule has 7 rings (SSSR count). The molecule has 226 valence electrons. The molecule has 0 aromatic heterocycles. The van der Waals surface area contributed by atoms with Gasteiger partial charge in [-0.05, 0) is 117 Å². The van der Waals surface area contributed by atoms with Crippen LogP contribution < -0.4 is 0 Å². The Morgan fingerprint density at radius 3 is 2.33 bits per heavy atom. The molecule has 5 heteroatoms. The minimum Gasteiger partial charge on any atom is -0.343 e. The first-order valence-electron chi connectivity index (χ1n) is 17.0. The molecule has 6 aliphatic carbocycles. The van der Waals surface area contributed by atoms with E-state index >= 15 is 0 Å². The number of hydrogen-bond acceptors (Lipinski definition) is 4. The number of hydrogen-bond donors (Lipinski definition) is 0. The molecule has 0 radical (unpaired) electrons. The van der Waals surface area contributed by atoms with Crippen LogP contribution in [0.25, 0.3) is 0 Å². The molecule has 0 unspecified atom stereocenters. The number of Topliss-reactive ketones (excluding diaryl/α,β-unsaturated/α-hetero) is 1. The lowest BCUT2D eigenvalue weighted by Gasteiger charge is -2.69. The number of likely N-dealkylation sites (tertiary alicyclic amines) is 1. The number of nitriles is 1. The average Bonchev–Trinajstić information content (AvgIpc) is 3.53. The number of carbonyl (C=O) groups excluding carboxylic acids is 3. The van der Waals surface area contributed by atoms with Gasteiger partial charge < -0.3 is 4.90 Å². The highest BCUT2D eigenvalue weighted by Gasteiger charge is 2.72. The number of ketones is 2. The number of amides is 1. The maximum Gasteiger partial charge on any atom is 0.222 e. The van der Waals surface area contributed by atoms with Gasteiger partial charge in [-0.1, -0.05) is 46.3 Å². The molecule has 1 saturated heterocycles. The minimum absolute atomic E-state index is 0.0406. The number of carbonyl (C=O) groups is 3. The van der Waals surface area contributed by atoms with Crippen LogP contribution in [0.3, 0.4) is 0 Å². The maximum atomic E-state index is 14.7. The lowest BCUT2D eigenvalue weighted by molar-refractivity contribution is -0.172. The number of fused-ring (bicyclic) bond motifs is 8. The van der Waals surface area contributed by atoms with Crippen LogP contribution in [-0.2, 0) is 14.4 Å². The first-order chi connectivity index (χ1) is 19.8. The third-order valence-electron chi connectivity index (χ3n) is 14.8. The second kappa shape index (κ2) is 8.92. The molecule has 5 fully saturated rings. The molecule has 0 aromatic carbocycles. The molecule has 0 N–H and O–H groups in total. The topological polar surface area (TPSA) is 78.2 Å². The van der Waals surface area contributed by atoms with E-state index in [-0.39, 0.29) is 51.0 Å². The van der Waals surface area contributed by atoms with E-state index in [1.54, 1.807) is 0 Å². The molecule has 5 nitrogen and oxygen atoms in total. The van der Waals surface area contributed by atoms with E-state index in [0.717, 1.165) is 90.1 Å². The summed E-state index contributed by atoms with van der Waals surface area (Å²) in [5.41, 5.74) is 0.584. The highest BCUT2D eigenvalue weighted by molar-refractivity contribution is 6.06. The van der Waals surface area contributed by atoms with E-state index < -0.39 is 10.8 Å². The zero-order valence-corrected chi connectivity index (χ0v) is 26.6. The smallest absolute Gasteiger partial charge is 0.222 e. The van der Waals surface area contributed by atoms with Gasteiger partial charge in [0.05, 0.1) is 5.57 Å². The third-order valence-corrected chi connectivity index (χ3v) is 14.8. The summed E-state index contributed by atoms with van der Waals surface area (Å²) in [4.78, 5) is 43.4. The summed E-state index contributed by atoms with van der Waals surface area (Å²) in [7, 11) is 0. The van der Waals surface area contributed by atoms with Crippen LogP contribution in [0.1, 0.15) is 118 Å². The van der Waals surface area contributed by atoms with E-state index in [1.807, 2.05) is 12.2 Å². The Bertz CT molecular complexity index is 1350. The van der Waals surface area contributed by atoms with Crippen LogP contribution in [0.4, 0.5) is 0 Å². The van der Waals surface area contributed by atoms with Crippen molar-refractivity contribution in [1.82, 2.24) is 4.90 Å². The van der Waals surface area contributed by atoms with Gasteiger partial charge in [-0.15, -0.1) is 0 Å². The molecule has 1 spiro atoms. The summed E-state index contributed by atoms with van der Waals surface area (Å²) in [6, 6.07) is 2.26. The van der Waals surface area contributed by atoms with Crippen LogP contribution in [-0.4, -0.2) is 35.5 Å². The first kappa shape index (κ1) is 28.5. The molecule has 42 heavy (non-hydrogen) atoms. The van der Waals surface area contributed by atoms with Gasteiger partial charge in [0.25, 0.3) is 0 Å². The van der Waals surface area contributed by atoms with Gasteiger partial charge in [0.15, 0.2) is 11.6 Å². The largest absolute Gasteiger partial charge is 0.343 e. The molecule has 4 saturated carbocycles. The van der Waals surface area contributed by atoms with Crippen molar-refractivity contribution >= 4 is 17.5 Å². The third kappa shape index (κ3) is 3.62. The fourth-order valence-electron chi connectivity index (χ4n) is 12.0. The quantitative estimate of drug-likeness (QED) is 0.355. The molecule has 7 aliphatic rings. The van der Waals surface area contributed by atoms with Crippen molar-refractivity contribution in [1.29, 1.82) is 5.26 Å². The summed E-state index contributed by atoms with van der Waals surface area (Å²) in [5, 5.41) is 9.99. The average molecular weight is 571 g/mol. The maximum absolute atomic E-state index is 14.7. The van der Waals surface area contributed by atoms with Crippen molar-refractivity contribution in [2.45, 2.75) is 118 Å². The lowest BCUT2D eigenvalue weighted by Crippen LogP contribution is -2.64. The molecular weight excluding hydrogens is 520 g/mol. The number of allylic oxidation sites excluding steroid dienone is 4. The Kier molecular flexibility index (Phi) is 6.06. The van der Waals surface area contributed by atoms with E-state index in [0.29, 0.717) is 17.9 Å². The van der Waals surface area contributed by atoms with Crippen molar-refractivity contribution in [3.05, 3.63) is 23.3 Å². The standard InChI is InChI=1S/C37H50N2O3/c1-32(2)12-14-36(11-9-29(41)39-18-6-7-19-39)15-13-35(5)30(25(36)22-32)26(40)20-28-33(3)21-24(23-38)31(42)37(16-17-37)27(33)8-10-34(28,35)4/h20-21,25,27,30H,6-19,22H2,1-5H3/t25-,27+,30-,33-,34+,35+,36+/m0/s1. The van der Waals surface area contributed by atoms with Crippen LogP contribution in [0, 0.1) is 61.6 Å². The molecule has 0 bridgehead atoms. The van der Waals surface area contributed by atoms with Crippen molar-refractivity contribution in [3.63, 3.8) is 0 Å². The van der Waals surface area contributed by atoms with E-state index in [1.165, 1.54) is 5.57 Å². The fraction of sp³-hybridized carbons (Fsp3) is 0.784. The van der Waals surface area contributed by atoms with E-state index in [9.17, 15) is 19.6 Å². The number of nitrogens with zero attached hydrogens (tertiary/aromatic N) is 2. The molecular formula is C37H50N2O3. The predicted molar refractivity (Wildman–Crippen MR) is 162 cm³/mol. The second-order valence-corrected chi connectivity index (χ2v) is 17.1. The van der Waals surface area contributed by atoms with Crippen LogP contribution in [0.5, 0.6) is 0 Å². The van der Waals surface area contributed by atoms with Crippen LogP contribution >= 0.6 is 0 Å². The second-order valence-electron chi connectivity index (χ2n) is 17.1. The summed E-state index contributed by atoms with van der Waals surface area (Å²) in [6.07, 6.45) is 16.9. The molecule has 1 heterocycles. The van der Waals surface area contributed by atoms with Gasteiger partial charge in [0.1, 0.15) is 6.07 Å². The molecule has 1 aliphatic heterocycles. The van der Waals surface area contributed by atoms with Crippen LogP contribution in [0.2, 0.25) is 0 Å². The summed E-state index contributed by atoms with van der Waals surface area (Å²) in [5.74, 6) is 1.06. The minimum atomic E-state index is -0.436. The Morgan fingerprint density at radius 1 is 0.976 bits per heavy atom. The van der Waals surface area contributed by atoms with Crippen molar-refractivity contribution < 1.29 is 14.4 Å². The van der Waals surface area contributed by atoms with Gasteiger partial charge in [0.2, 0.25) is 5.91 Å². The van der Waals surface area contributed by atoms with Gasteiger partial charge in [-0.25, -0.2) is 0 Å². The van der Waals surface area contributed by atoms with Crippen molar-refractivity contribution in [2.75, 3.05) is 13.1 Å². The van der Waals surface area contributed by atoms with Crippen molar-refractivity contribution in [2.24, 2.45) is 50.2 Å². The number of rotatable bonds is 3. The summed E-state index contributed by atoms with van der Waals surface area (Å²) >= 11 is 0. The Balaban J connectivity index is 1.29. The van der Waals surface area contributed by atoms with Gasteiger partial charge in [0, 0.05) is 36.3 Å². The normalized spacial score (nSPS) is 44.7. The van der Waals surface area contributed by atoms with E-state index in [2.05, 4.69) is 45.6 Å². The molecule has 0 aromatic rings.